The molecular weight excluding hydrogens is 382 g/mol. The van der Waals surface area contributed by atoms with Crippen LogP contribution in [0.25, 0.3) is 0 Å². The van der Waals surface area contributed by atoms with Crippen LogP contribution in [0.4, 0.5) is 0 Å². The summed E-state index contributed by atoms with van der Waals surface area (Å²) in [4.78, 5) is 11.9. The van der Waals surface area contributed by atoms with E-state index in [2.05, 4.69) is 22.6 Å². The fourth-order valence-electron chi connectivity index (χ4n) is 2.24. The van der Waals surface area contributed by atoms with E-state index in [0.717, 1.165) is 14.6 Å². The number of hydrogen-bond acceptors (Lipinski definition) is 4. The van der Waals surface area contributed by atoms with Crippen molar-refractivity contribution in [2.45, 2.75) is 45.8 Å². The van der Waals surface area contributed by atoms with E-state index in [1.165, 1.54) is 7.11 Å². The van der Waals surface area contributed by atoms with Gasteiger partial charge in [0.25, 0.3) is 0 Å². The summed E-state index contributed by atoms with van der Waals surface area (Å²) >= 11 is 2.18. The Kier molecular flexibility index (Phi) is 4.43. The zero-order valence-corrected chi connectivity index (χ0v) is 15.4. The number of carbonyl (C=O) groups is 1. The maximum atomic E-state index is 11.9. The van der Waals surface area contributed by atoms with Crippen molar-refractivity contribution in [1.82, 2.24) is 0 Å². The van der Waals surface area contributed by atoms with Crippen molar-refractivity contribution in [3.05, 3.63) is 26.8 Å². The van der Waals surface area contributed by atoms with Crippen LogP contribution in [-0.4, -0.2) is 31.4 Å². The number of carbonyl (C=O) groups excluding carboxylic acids is 1. The lowest BCUT2D eigenvalue weighted by molar-refractivity contribution is 0.00578. The first-order chi connectivity index (χ1) is 9.59. The third-order valence-corrected chi connectivity index (χ3v) is 4.95. The fourth-order valence-corrected chi connectivity index (χ4v) is 2.88. The van der Waals surface area contributed by atoms with Gasteiger partial charge in [-0.15, -0.1) is 0 Å². The van der Waals surface area contributed by atoms with Gasteiger partial charge >= 0.3 is 13.1 Å². The van der Waals surface area contributed by atoms with Gasteiger partial charge in [-0.1, -0.05) is 0 Å². The molecule has 0 aliphatic carbocycles. The van der Waals surface area contributed by atoms with Gasteiger partial charge in [0.1, 0.15) is 0 Å². The normalized spacial score (nSPS) is 19.7. The van der Waals surface area contributed by atoms with Crippen LogP contribution in [0.5, 0.6) is 0 Å². The van der Waals surface area contributed by atoms with Gasteiger partial charge in [-0.2, -0.15) is 0 Å². The first-order valence-corrected chi connectivity index (χ1v) is 7.91. The van der Waals surface area contributed by atoms with E-state index in [4.69, 9.17) is 14.0 Å². The van der Waals surface area contributed by atoms with Crippen LogP contribution in [-0.2, 0) is 14.0 Å². The van der Waals surface area contributed by atoms with Crippen molar-refractivity contribution in [3.63, 3.8) is 0 Å². The third-order valence-electron chi connectivity index (χ3n) is 4.33. The van der Waals surface area contributed by atoms with Gasteiger partial charge in [0.2, 0.25) is 0 Å². The quantitative estimate of drug-likeness (QED) is 0.434. The molecular formula is C15H20BIO4. The Morgan fingerprint density at radius 2 is 1.71 bits per heavy atom. The van der Waals surface area contributed by atoms with E-state index >= 15 is 0 Å². The molecule has 0 aromatic heterocycles. The molecule has 4 nitrogen and oxygen atoms in total. The molecule has 114 valence electrons. The number of hydrogen-bond donors (Lipinski definition) is 0. The second-order valence-electron chi connectivity index (χ2n) is 6.25. The molecule has 0 bridgehead atoms. The number of benzene rings is 1. The monoisotopic (exact) mass is 402 g/mol. The highest BCUT2D eigenvalue weighted by Gasteiger charge is 2.52. The Morgan fingerprint density at radius 1 is 1.19 bits per heavy atom. The summed E-state index contributed by atoms with van der Waals surface area (Å²) in [6, 6.07) is 3.81. The van der Waals surface area contributed by atoms with Crippen molar-refractivity contribution in [2.24, 2.45) is 0 Å². The molecule has 0 amide bonds. The summed E-state index contributed by atoms with van der Waals surface area (Å²) in [6.07, 6.45) is 0. The van der Waals surface area contributed by atoms with Gasteiger partial charge in [0.15, 0.2) is 0 Å². The van der Waals surface area contributed by atoms with Crippen molar-refractivity contribution in [3.8, 4) is 0 Å². The van der Waals surface area contributed by atoms with Crippen LogP contribution in [0, 0.1) is 10.5 Å². The van der Waals surface area contributed by atoms with Crippen LogP contribution in [0.2, 0.25) is 0 Å². The molecule has 0 atom stereocenters. The van der Waals surface area contributed by atoms with Crippen molar-refractivity contribution in [1.29, 1.82) is 0 Å². The van der Waals surface area contributed by atoms with Gasteiger partial charge in [-0.25, -0.2) is 4.79 Å². The lowest BCUT2D eigenvalue weighted by Crippen LogP contribution is -2.41. The first-order valence-electron chi connectivity index (χ1n) is 6.83. The summed E-state index contributed by atoms with van der Waals surface area (Å²) in [5.74, 6) is -0.344. The number of halogens is 1. The molecule has 1 aliphatic rings. The summed E-state index contributed by atoms with van der Waals surface area (Å²) in [5, 5.41) is 0. The Morgan fingerprint density at radius 3 is 2.19 bits per heavy atom. The lowest BCUT2D eigenvalue weighted by atomic mass is 9.75. The highest BCUT2D eigenvalue weighted by Crippen LogP contribution is 2.37. The smallest absolute Gasteiger partial charge is 0.465 e. The maximum Gasteiger partial charge on any atom is 0.495 e. The van der Waals surface area contributed by atoms with Crippen molar-refractivity contribution >= 4 is 41.1 Å². The van der Waals surface area contributed by atoms with Crippen LogP contribution in [0.15, 0.2) is 12.1 Å². The Labute approximate surface area is 139 Å². The number of rotatable bonds is 2. The van der Waals surface area contributed by atoms with E-state index < -0.39 is 18.3 Å². The Bertz CT molecular complexity index is 567. The highest BCUT2D eigenvalue weighted by molar-refractivity contribution is 14.1. The van der Waals surface area contributed by atoms with E-state index in [1.807, 2.05) is 46.8 Å². The highest BCUT2D eigenvalue weighted by atomic mass is 127. The van der Waals surface area contributed by atoms with Gasteiger partial charge in [0, 0.05) is 3.57 Å². The molecule has 0 unspecified atom stereocenters. The number of esters is 1. The fraction of sp³-hybridized carbons (Fsp3) is 0.533. The molecule has 2 rings (SSSR count). The van der Waals surface area contributed by atoms with E-state index in [9.17, 15) is 4.79 Å². The Balaban J connectivity index is 2.47. The van der Waals surface area contributed by atoms with Gasteiger partial charge < -0.3 is 14.0 Å². The number of methoxy groups -OCH3 is 1. The topological polar surface area (TPSA) is 44.8 Å². The zero-order valence-electron chi connectivity index (χ0n) is 13.2. The van der Waals surface area contributed by atoms with Crippen LogP contribution in [0.1, 0.15) is 43.6 Å². The van der Waals surface area contributed by atoms with Crippen LogP contribution >= 0.6 is 22.6 Å². The standard InChI is InChI=1S/C15H20BIO4/c1-9-11(13(18)19-6)7-10(17)8-12(9)16-20-14(2,3)15(4,5)21-16/h7-8H,1-6H3. The first kappa shape index (κ1) is 16.8. The van der Waals surface area contributed by atoms with Crippen molar-refractivity contribution in [2.75, 3.05) is 7.11 Å². The summed E-state index contributed by atoms with van der Waals surface area (Å²) in [6.45, 7) is 9.94. The molecule has 1 aromatic carbocycles. The van der Waals surface area contributed by atoms with Crippen molar-refractivity contribution < 1.29 is 18.8 Å². The average molecular weight is 402 g/mol. The summed E-state index contributed by atoms with van der Waals surface area (Å²) in [7, 11) is 0.906. The number of ether oxygens (including phenoxy) is 1. The molecule has 0 N–H and O–H groups in total. The Hall–Kier alpha value is -0.595. The van der Waals surface area contributed by atoms with Gasteiger partial charge in [-0.05, 0) is 80.4 Å². The third kappa shape index (κ3) is 2.98. The second kappa shape index (κ2) is 5.55. The summed E-state index contributed by atoms with van der Waals surface area (Å²) in [5.41, 5.74) is 1.45. The minimum atomic E-state index is -0.479. The zero-order chi connectivity index (χ0) is 16.0. The molecule has 1 aliphatic heterocycles. The molecule has 1 saturated heterocycles. The predicted octanol–water partition coefficient (Wildman–Crippen LogP) is 2.69. The van der Waals surface area contributed by atoms with E-state index in [1.54, 1.807) is 0 Å². The summed E-state index contributed by atoms with van der Waals surface area (Å²) < 4.78 is 17.9. The maximum absolute atomic E-state index is 11.9. The minimum absolute atomic E-state index is 0.344. The van der Waals surface area contributed by atoms with Gasteiger partial charge in [0.05, 0.1) is 23.9 Å². The average Bonchev–Trinajstić information content (AvgIpc) is 2.59. The van der Waals surface area contributed by atoms with E-state index in [-0.39, 0.29) is 5.97 Å². The van der Waals surface area contributed by atoms with Gasteiger partial charge in [-0.3, -0.25) is 0 Å². The molecule has 1 fully saturated rings. The second-order valence-corrected chi connectivity index (χ2v) is 7.49. The minimum Gasteiger partial charge on any atom is -0.465 e. The largest absolute Gasteiger partial charge is 0.495 e. The predicted molar refractivity (Wildman–Crippen MR) is 91.0 cm³/mol. The molecule has 1 aromatic rings. The van der Waals surface area contributed by atoms with Crippen LogP contribution < -0.4 is 5.46 Å². The molecule has 21 heavy (non-hydrogen) atoms. The molecule has 0 radical (unpaired) electrons. The SMILES string of the molecule is COC(=O)c1cc(I)cc(B2OC(C)(C)C(C)(C)O2)c1C. The molecule has 1 heterocycles. The van der Waals surface area contributed by atoms with E-state index in [0.29, 0.717) is 5.56 Å². The molecule has 0 saturated carbocycles. The lowest BCUT2D eigenvalue weighted by Gasteiger charge is -2.32. The molecule has 0 spiro atoms. The van der Waals surface area contributed by atoms with Crippen LogP contribution in [0.3, 0.4) is 0 Å². The molecule has 6 heteroatoms.